The highest BCUT2D eigenvalue weighted by molar-refractivity contribution is 7.15. The Balaban J connectivity index is 1.37. The summed E-state index contributed by atoms with van der Waals surface area (Å²) in [4.78, 5) is 4.75. The summed E-state index contributed by atoms with van der Waals surface area (Å²) < 4.78 is 0. The summed E-state index contributed by atoms with van der Waals surface area (Å²) in [5, 5.41) is 7.47. The Kier molecular flexibility index (Phi) is 7.57. The first-order valence-corrected chi connectivity index (χ1v) is 17.0. The lowest BCUT2D eigenvalue weighted by molar-refractivity contribution is 0.818. The molecular weight excluding hydrogens is 589 g/mol. The van der Waals surface area contributed by atoms with E-state index in [1.807, 2.05) is 6.92 Å². The number of hydrogen-bond acceptors (Lipinski definition) is 3. The molecule has 4 heteroatoms. The lowest BCUT2D eigenvalue weighted by Crippen LogP contribution is -2.12. The van der Waals surface area contributed by atoms with E-state index in [9.17, 15) is 0 Å². The lowest BCUT2D eigenvalue weighted by Gasteiger charge is -2.29. The van der Waals surface area contributed by atoms with Crippen molar-refractivity contribution in [2.75, 3.05) is 9.80 Å². The molecule has 0 aliphatic heterocycles. The highest BCUT2D eigenvalue weighted by Crippen LogP contribution is 2.47. The smallest absolute Gasteiger partial charge is 0.0540 e. The van der Waals surface area contributed by atoms with Gasteiger partial charge in [0.05, 0.1) is 11.4 Å². The van der Waals surface area contributed by atoms with Crippen molar-refractivity contribution in [3.8, 4) is 0 Å². The highest BCUT2D eigenvalue weighted by Gasteiger charge is 2.21. The molecule has 0 spiro atoms. The number of benzene rings is 8. The first-order valence-electron chi connectivity index (χ1n) is 16.2. The van der Waals surface area contributed by atoms with E-state index in [1.165, 1.54) is 37.9 Å². The van der Waals surface area contributed by atoms with Gasteiger partial charge in [0.15, 0.2) is 0 Å². The molecule has 0 heterocycles. The largest absolute Gasteiger partial charge is 0.324 e. The van der Waals surface area contributed by atoms with Crippen LogP contribution < -0.4 is 15.5 Å². The van der Waals surface area contributed by atoms with E-state index < -0.39 is 0 Å². The fourth-order valence-electron chi connectivity index (χ4n) is 6.88. The van der Waals surface area contributed by atoms with Gasteiger partial charge in [0.2, 0.25) is 0 Å². The Morgan fingerprint density at radius 3 is 1.32 bits per heavy atom. The second kappa shape index (κ2) is 12.2. The van der Waals surface area contributed by atoms with Crippen LogP contribution in [-0.2, 0) is 6.16 Å². The summed E-state index contributed by atoms with van der Waals surface area (Å²) in [6.07, 6.45) is 0.933. The van der Waals surface area contributed by atoms with Gasteiger partial charge in [-0.25, -0.2) is 0 Å². The maximum absolute atomic E-state index is 6.22. The maximum Gasteiger partial charge on any atom is 0.0540 e. The quantitative estimate of drug-likeness (QED) is 0.135. The molecule has 8 rings (SSSR count). The average Bonchev–Trinajstić information content (AvgIpc) is 3.13. The van der Waals surface area contributed by atoms with Crippen molar-refractivity contribution >= 4 is 75.7 Å². The summed E-state index contributed by atoms with van der Waals surface area (Å²) >= 11 is 0. The van der Waals surface area contributed by atoms with Crippen molar-refractivity contribution in [3.05, 3.63) is 169 Å². The molecule has 3 nitrogen and oxygen atoms in total. The first kappa shape index (κ1) is 29.2. The molecule has 0 bridgehead atoms. The van der Waals surface area contributed by atoms with Crippen molar-refractivity contribution in [3.63, 3.8) is 0 Å². The van der Waals surface area contributed by atoms with Crippen molar-refractivity contribution in [2.45, 2.75) is 19.1 Å². The Morgan fingerprint density at radius 1 is 0.489 bits per heavy atom. The molecule has 0 saturated heterocycles. The molecule has 228 valence electrons. The van der Waals surface area contributed by atoms with Crippen LogP contribution in [0.2, 0.25) is 0 Å². The Labute approximate surface area is 278 Å². The second-order valence-electron chi connectivity index (χ2n) is 12.2. The normalized spacial score (nSPS) is 12.1. The van der Waals surface area contributed by atoms with Crippen LogP contribution in [0.3, 0.4) is 0 Å². The van der Waals surface area contributed by atoms with Crippen LogP contribution in [0.5, 0.6) is 0 Å². The first-order chi connectivity index (χ1) is 23.1. The monoisotopic (exact) mass is 625 g/mol. The third-order valence-electron chi connectivity index (χ3n) is 9.24. The Hall–Kier alpha value is -5.21. The zero-order valence-corrected chi connectivity index (χ0v) is 27.5. The number of para-hydroxylation sites is 2. The van der Waals surface area contributed by atoms with E-state index in [0.717, 1.165) is 45.8 Å². The van der Waals surface area contributed by atoms with Gasteiger partial charge in [-0.1, -0.05) is 97.1 Å². The van der Waals surface area contributed by atoms with Gasteiger partial charge in [-0.3, -0.25) is 0 Å². The van der Waals surface area contributed by atoms with E-state index in [4.69, 9.17) is 5.73 Å². The van der Waals surface area contributed by atoms with Crippen LogP contribution in [0, 0.1) is 0 Å². The van der Waals surface area contributed by atoms with Crippen molar-refractivity contribution in [2.24, 2.45) is 5.73 Å². The van der Waals surface area contributed by atoms with E-state index in [0.29, 0.717) is 0 Å². The topological polar surface area (TPSA) is 32.5 Å². The summed E-state index contributed by atoms with van der Waals surface area (Å²) in [6.45, 7) is 2.03. The predicted molar refractivity (Wildman–Crippen MR) is 206 cm³/mol. The molecule has 8 aromatic rings. The van der Waals surface area contributed by atoms with Gasteiger partial charge in [-0.15, -0.1) is 9.24 Å². The minimum absolute atomic E-state index is 0.0167. The number of nitrogens with two attached hydrogens (primary N) is 1. The highest BCUT2D eigenvalue weighted by atomic mass is 31.0. The second-order valence-corrected chi connectivity index (χ2v) is 12.6. The Morgan fingerprint density at radius 2 is 0.894 bits per heavy atom. The summed E-state index contributed by atoms with van der Waals surface area (Å²) in [6, 6.07) is 57.1. The average molecular weight is 626 g/mol. The molecule has 2 unspecified atom stereocenters. The van der Waals surface area contributed by atoms with Gasteiger partial charge < -0.3 is 15.5 Å². The summed E-state index contributed by atoms with van der Waals surface area (Å²) in [5.74, 6) is 0. The van der Waals surface area contributed by atoms with Crippen LogP contribution in [0.25, 0.3) is 32.3 Å². The van der Waals surface area contributed by atoms with E-state index in [-0.39, 0.29) is 6.04 Å². The molecule has 2 N–H and O–H groups in total. The molecular formula is C43H36N3P. The van der Waals surface area contributed by atoms with Crippen LogP contribution >= 0.6 is 9.24 Å². The third kappa shape index (κ3) is 5.19. The molecule has 47 heavy (non-hydrogen) atoms. The number of anilines is 6. The van der Waals surface area contributed by atoms with Crippen LogP contribution in [0.15, 0.2) is 158 Å². The van der Waals surface area contributed by atoms with E-state index in [1.54, 1.807) is 0 Å². The fraction of sp³-hybridized carbons (Fsp3) is 0.0698. The molecule has 0 aliphatic carbocycles. The molecule has 2 atom stereocenters. The minimum Gasteiger partial charge on any atom is -0.324 e. The van der Waals surface area contributed by atoms with E-state index >= 15 is 0 Å². The van der Waals surface area contributed by atoms with E-state index in [2.05, 4.69) is 177 Å². The Bertz CT molecular complexity index is 2300. The third-order valence-corrected chi connectivity index (χ3v) is 9.71. The van der Waals surface area contributed by atoms with Gasteiger partial charge in [-0.05, 0) is 106 Å². The van der Waals surface area contributed by atoms with Crippen molar-refractivity contribution in [1.29, 1.82) is 0 Å². The van der Waals surface area contributed by atoms with Crippen LogP contribution in [0.1, 0.15) is 24.1 Å². The standard InChI is InChI=1S/C43H36N3P/c1-29(44)31-14-22-37(23-15-31)46(35-10-6-3-7-11-35)41-27-19-33-16-24-38-40(26-18-32-17-25-39(41)43(33)42(32)38)45(34-8-4-2-5-9-34)36-20-12-30(28-47)13-21-36/h2-27,29H,28,44,47H2,1H3. The number of nitrogens with zero attached hydrogens (tertiary/aromatic N) is 2. The van der Waals surface area contributed by atoms with Gasteiger partial charge >= 0.3 is 0 Å². The van der Waals surface area contributed by atoms with Gasteiger partial charge in [-0.2, -0.15) is 0 Å². The predicted octanol–water partition coefficient (Wildman–Crippen LogP) is 11.9. The molecule has 0 aromatic heterocycles. The zero-order valence-electron chi connectivity index (χ0n) is 26.3. The number of hydrogen-bond donors (Lipinski definition) is 1. The van der Waals surface area contributed by atoms with Gasteiger partial charge in [0.1, 0.15) is 0 Å². The molecule has 0 amide bonds. The van der Waals surface area contributed by atoms with Gasteiger partial charge in [0, 0.05) is 39.6 Å². The molecule has 8 aromatic carbocycles. The zero-order chi connectivity index (χ0) is 31.9. The minimum atomic E-state index is -0.0167. The molecule has 0 radical (unpaired) electrons. The van der Waals surface area contributed by atoms with Crippen molar-refractivity contribution < 1.29 is 0 Å². The molecule has 0 fully saturated rings. The number of rotatable bonds is 8. The van der Waals surface area contributed by atoms with Crippen LogP contribution in [-0.4, -0.2) is 0 Å². The fourth-order valence-corrected chi connectivity index (χ4v) is 7.15. The maximum atomic E-state index is 6.22. The lowest BCUT2D eigenvalue weighted by atomic mass is 9.91. The van der Waals surface area contributed by atoms with Gasteiger partial charge in [0.25, 0.3) is 0 Å². The summed E-state index contributed by atoms with van der Waals surface area (Å²) in [7, 11) is 2.83. The molecule has 0 saturated carbocycles. The summed E-state index contributed by atoms with van der Waals surface area (Å²) in [5.41, 5.74) is 15.4. The molecule has 0 aliphatic rings. The SMILES string of the molecule is CC(N)c1ccc(N(c2ccccc2)c2ccc3ccc4c(N(c5ccccc5)c5ccc(CP)cc5)ccc5ccc2c3c54)cc1. The van der Waals surface area contributed by atoms with Crippen molar-refractivity contribution in [1.82, 2.24) is 0 Å². The van der Waals surface area contributed by atoms with Crippen LogP contribution in [0.4, 0.5) is 34.1 Å².